The van der Waals surface area contributed by atoms with Gasteiger partial charge >= 0.3 is 6.03 Å². The second-order valence-corrected chi connectivity index (χ2v) is 8.98. The lowest BCUT2D eigenvalue weighted by Crippen LogP contribution is -2.50. The van der Waals surface area contributed by atoms with Gasteiger partial charge in [0.1, 0.15) is 11.9 Å². The Balaban J connectivity index is 1.16. The summed E-state index contributed by atoms with van der Waals surface area (Å²) in [4.78, 5) is 19.0. The summed E-state index contributed by atoms with van der Waals surface area (Å²) in [6.45, 7) is 5.04. The second kappa shape index (κ2) is 9.79. The van der Waals surface area contributed by atoms with Gasteiger partial charge in [-0.15, -0.1) is 0 Å². The third-order valence-corrected chi connectivity index (χ3v) is 6.77. The van der Waals surface area contributed by atoms with Crippen LogP contribution < -0.4 is 10.1 Å². The maximum atomic E-state index is 12.5. The molecular formula is C27H31N3O3. The van der Waals surface area contributed by atoms with E-state index in [1.54, 1.807) is 0 Å². The van der Waals surface area contributed by atoms with Crippen LogP contribution >= 0.6 is 0 Å². The predicted octanol–water partition coefficient (Wildman–Crippen LogP) is 4.94. The fourth-order valence-electron chi connectivity index (χ4n) is 4.79. The number of rotatable bonds is 4. The van der Waals surface area contributed by atoms with E-state index in [9.17, 15) is 4.79 Å². The summed E-state index contributed by atoms with van der Waals surface area (Å²) in [7, 11) is 0. The summed E-state index contributed by atoms with van der Waals surface area (Å²) in [6.07, 6.45) is 5.47. The molecule has 3 aromatic rings. The Morgan fingerprint density at radius 1 is 1.03 bits per heavy atom. The quantitative estimate of drug-likeness (QED) is 0.618. The Bertz CT molecular complexity index is 1100. The minimum Gasteiger partial charge on any atom is -0.490 e. The average molecular weight is 446 g/mol. The van der Waals surface area contributed by atoms with E-state index in [-0.39, 0.29) is 18.2 Å². The van der Waals surface area contributed by atoms with Crippen molar-refractivity contribution in [1.82, 2.24) is 15.2 Å². The number of hydrogen-bond acceptors (Lipinski definition) is 4. The first-order chi connectivity index (χ1) is 16.2. The molecule has 0 atom stereocenters. The number of aromatic nitrogens is 1. The second-order valence-electron chi connectivity index (χ2n) is 8.98. The van der Waals surface area contributed by atoms with E-state index in [4.69, 9.17) is 9.47 Å². The van der Waals surface area contributed by atoms with Crippen molar-refractivity contribution in [1.29, 1.82) is 0 Å². The van der Waals surface area contributed by atoms with Gasteiger partial charge in [-0.05, 0) is 54.7 Å². The summed E-state index contributed by atoms with van der Waals surface area (Å²) < 4.78 is 11.6. The molecule has 2 fully saturated rings. The third-order valence-electron chi connectivity index (χ3n) is 6.77. The standard InChI is InChI=1S/C27H31N3O3/c1-19-25(9-6-21-3-2-14-28-26(19)21)20-4-7-23(8-5-20)33-24-10-15-30(16-11-24)27(31)29-22-12-17-32-18-13-22/h2-9,14,22,24H,10-13,15-18H2,1H3,(H,29,31). The summed E-state index contributed by atoms with van der Waals surface area (Å²) in [5.74, 6) is 0.875. The molecule has 0 radical (unpaired) electrons. The number of hydrogen-bond donors (Lipinski definition) is 1. The number of pyridine rings is 1. The molecule has 0 unspecified atom stereocenters. The van der Waals surface area contributed by atoms with Gasteiger partial charge in [-0.25, -0.2) is 4.79 Å². The molecule has 0 saturated carbocycles. The first-order valence-corrected chi connectivity index (χ1v) is 11.9. The Kier molecular flexibility index (Phi) is 6.44. The van der Waals surface area contributed by atoms with Crippen LogP contribution in [0.25, 0.3) is 22.0 Å². The van der Waals surface area contributed by atoms with Crippen LogP contribution in [0.4, 0.5) is 4.79 Å². The zero-order chi connectivity index (χ0) is 22.6. The third kappa shape index (κ3) is 4.96. The van der Waals surface area contributed by atoms with Crippen molar-refractivity contribution in [3.63, 3.8) is 0 Å². The molecule has 6 heteroatoms. The molecule has 0 bridgehead atoms. The highest BCUT2D eigenvalue weighted by Gasteiger charge is 2.26. The molecule has 2 aliphatic heterocycles. The number of nitrogens with one attached hydrogen (secondary N) is 1. The molecule has 1 aromatic heterocycles. The van der Waals surface area contributed by atoms with Gasteiger partial charge < -0.3 is 19.7 Å². The van der Waals surface area contributed by atoms with Crippen molar-refractivity contribution in [2.75, 3.05) is 26.3 Å². The van der Waals surface area contributed by atoms with Gasteiger partial charge in [0.15, 0.2) is 0 Å². The van der Waals surface area contributed by atoms with Crippen LogP contribution in [0.15, 0.2) is 54.7 Å². The monoisotopic (exact) mass is 445 g/mol. The van der Waals surface area contributed by atoms with Crippen LogP contribution in [0.5, 0.6) is 5.75 Å². The number of urea groups is 1. The lowest BCUT2D eigenvalue weighted by molar-refractivity contribution is 0.0747. The smallest absolute Gasteiger partial charge is 0.317 e. The van der Waals surface area contributed by atoms with Gasteiger partial charge in [0.2, 0.25) is 0 Å². The number of benzene rings is 2. The number of likely N-dealkylation sites (tertiary alicyclic amines) is 1. The number of aryl methyl sites for hydroxylation is 1. The molecule has 3 heterocycles. The number of piperidine rings is 1. The van der Waals surface area contributed by atoms with Crippen molar-refractivity contribution >= 4 is 16.9 Å². The van der Waals surface area contributed by atoms with Gasteiger partial charge in [0.25, 0.3) is 0 Å². The van der Waals surface area contributed by atoms with Gasteiger partial charge in [-0.1, -0.05) is 30.3 Å². The Hall–Kier alpha value is -3.12. The zero-order valence-electron chi connectivity index (χ0n) is 19.1. The number of nitrogens with zero attached hydrogens (tertiary/aromatic N) is 2. The molecule has 5 rings (SSSR count). The molecule has 33 heavy (non-hydrogen) atoms. The summed E-state index contributed by atoms with van der Waals surface area (Å²) in [5.41, 5.74) is 4.58. The molecule has 2 aliphatic rings. The average Bonchev–Trinajstić information content (AvgIpc) is 2.86. The molecular weight excluding hydrogens is 414 g/mol. The highest BCUT2D eigenvalue weighted by molar-refractivity contribution is 5.88. The van der Waals surface area contributed by atoms with Crippen molar-refractivity contribution in [2.24, 2.45) is 0 Å². The van der Waals surface area contributed by atoms with Gasteiger partial charge in [-0.3, -0.25) is 4.98 Å². The first kappa shape index (κ1) is 21.7. The van der Waals surface area contributed by atoms with Crippen molar-refractivity contribution in [2.45, 2.75) is 44.8 Å². The first-order valence-electron chi connectivity index (χ1n) is 11.9. The Morgan fingerprint density at radius 3 is 2.55 bits per heavy atom. The number of carbonyl (C=O) groups excluding carboxylic acids is 1. The number of carbonyl (C=O) groups is 1. The zero-order valence-corrected chi connectivity index (χ0v) is 19.1. The Morgan fingerprint density at radius 2 is 1.79 bits per heavy atom. The molecule has 1 N–H and O–H groups in total. The van der Waals surface area contributed by atoms with Crippen LogP contribution in [-0.4, -0.2) is 54.4 Å². The fraction of sp³-hybridized carbons (Fsp3) is 0.407. The molecule has 172 valence electrons. The maximum absolute atomic E-state index is 12.5. The van der Waals surface area contributed by atoms with E-state index in [1.165, 1.54) is 11.1 Å². The molecule has 0 aliphatic carbocycles. The largest absolute Gasteiger partial charge is 0.490 e. The number of amides is 2. The summed E-state index contributed by atoms with van der Waals surface area (Å²) >= 11 is 0. The van der Waals surface area contributed by atoms with Crippen LogP contribution in [0, 0.1) is 6.92 Å². The summed E-state index contributed by atoms with van der Waals surface area (Å²) in [5, 5.41) is 4.31. The summed E-state index contributed by atoms with van der Waals surface area (Å²) in [6, 6.07) is 16.9. The minimum atomic E-state index is 0.0462. The Labute approximate surface area is 194 Å². The SMILES string of the molecule is Cc1c(-c2ccc(OC3CCN(C(=O)NC4CCOCC4)CC3)cc2)ccc2cccnc12. The van der Waals surface area contributed by atoms with Crippen molar-refractivity contribution < 1.29 is 14.3 Å². The lowest BCUT2D eigenvalue weighted by Gasteiger charge is -2.34. The normalized spacial score (nSPS) is 17.8. The van der Waals surface area contributed by atoms with E-state index in [1.807, 2.05) is 29.3 Å². The molecule has 2 aromatic carbocycles. The molecule has 2 saturated heterocycles. The van der Waals surface area contributed by atoms with E-state index in [0.717, 1.165) is 74.2 Å². The van der Waals surface area contributed by atoms with Crippen molar-refractivity contribution in [3.05, 3.63) is 60.3 Å². The van der Waals surface area contributed by atoms with E-state index in [2.05, 4.69) is 47.6 Å². The number of ether oxygens (including phenoxy) is 2. The molecule has 6 nitrogen and oxygen atoms in total. The lowest BCUT2D eigenvalue weighted by atomic mass is 9.98. The van der Waals surface area contributed by atoms with Gasteiger partial charge in [-0.2, -0.15) is 0 Å². The van der Waals surface area contributed by atoms with E-state index in [0.29, 0.717) is 0 Å². The highest BCUT2D eigenvalue weighted by atomic mass is 16.5. The van der Waals surface area contributed by atoms with Gasteiger partial charge in [0.05, 0.1) is 5.52 Å². The van der Waals surface area contributed by atoms with Crippen LogP contribution in [0.3, 0.4) is 0 Å². The minimum absolute atomic E-state index is 0.0462. The molecule has 0 spiro atoms. The van der Waals surface area contributed by atoms with Crippen molar-refractivity contribution in [3.8, 4) is 16.9 Å². The van der Waals surface area contributed by atoms with E-state index >= 15 is 0 Å². The number of fused-ring (bicyclic) bond motifs is 1. The van der Waals surface area contributed by atoms with E-state index < -0.39 is 0 Å². The predicted molar refractivity (Wildman–Crippen MR) is 130 cm³/mol. The highest BCUT2D eigenvalue weighted by Crippen LogP contribution is 2.30. The van der Waals surface area contributed by atoms with Crippen LogP contribution in [0.1, 0.15) is 31.2 Å². The van der Waals surface area contributed by atoms with Crippen LogP contribution in [-0.2, 0) is 4.74 Å². The topological polar surface area (TPSA) is 63.7 Å². The maximum Gasteiger partial charge on any atom is 0.317 e. The van der Waals surface area contributed by atoms with Crippen LogP contribution in [0.2, 0.25) is 0 Å². The molecule has 2 amide bonds. The fourth-order valence-corrected chi connectivity index (χ4v) is 4.79. The van der Waals surface area contributed by atoms with Gasteiger partial charge in [0, 0.05) is 56.8 Å².